The molecular weight excluding hydrogens is 426 g/mol. The molecule has 0 aliphatic heterocycles. The standard InChI is InChI=1S/C18H35N7O5S/c1-10(2)14(25-15(27)11(19)6-8-31-3)16(28)23-9-13(26)24-12(17(29)30)5-4-7-22-18(20)21/h10-12,14H,4-9,19H2,1-3H3,(H,23,28)(H,24,26)(H,25,27)(H,29,30)(H4,20,21,22). The molecule has 0 bridgehead atoms. The zero-order chi connectivity index (χ0) is 24.0. The first-order valence-corrected chi connectivity index (χ1v) is 11.3. The monoisotopic (exact) mass is 461 g/mol. The van der Waals surface area contributed by atoms with E-state index >= 15 is 0 Å². The van der Waals surface area contributed by atoms with Gasteiger partial charge in [-0.2, -0.15) is 11.8 Å². The number of amides is 3. The first-order chi connectivity index (χ1) is 14.5. The number of carboxylic acid groups (broad SMARTS) is 1. The topological polar surface area (TPSA) is 215 Å². The van der Waals surface area contributed by atoms with E-state index in [1.54, 1.807) is 25.6 Å². The van der Waals surface area contributed by atoms with E-state index in [4.69, 9.17) is 17.2 Å². The summed E-state index contributed by atoms with van der Waals surface area (Å²) in [6.45, 7) is 3.28. The number of nitrogens with one attached hydrogen (secondary N) is 3. The van der Waals surface area contributed by atoms with Crippen LogP contribution >= 0.6 is 11.8 Å². The highest BCUT2D eigenvalue weighted by Gasteiger charge is 2.27. The van der Waals surface area contributed by atoms with Gasteiger partial charge in [0.1, 0.15) is 12.1 Å². The number of aliphatic imine (C=N–C) groups is 1. The SMILES string of the molecule is CSCCC(N)C(=O)NC(C(=O)NCC(=O)NC(CCCN=C(N)N)C(=O)O)C(C)C. The van der Waals surface area contributed by atoms with Crippen LogP contribution in [0.4, 0.5) is 0 Å². The second-order valence-electron chi connectivity index (χ2n) is 7.24. The van der Waals surface area contributed by atoms with Crippen molar-refractivity contribution >= 4 is 41.4 Å². The van der Waals surface area contributed by atoms with Crippen molar-refractivity contribution in [3.05, 3.63) is 0 Å². The summed E-state index contributed by atoms with van der Waals surface area (Å²) in [6, 6.07) is -2.76. The lowest BCUT2D eigenvalue weighted by atomic mass is 10.0. The van der Waals surface area contributed by atoms with E-state index in [-0.39, 0.29) is 24.8 Å². The van der Waals surface area contributed by atoms with Gasteiger partial charge in [0.2, 0.25) is 17.7 Å². The van der Waals surface area contributed by atoms with Crippen LogP contribution in [0.25, 0.3) is 0 Å². The first-order valence-electron chi connectivity index (χ1n) is 9.89. The third-order valence-electron chi connectivity index (χ3n) is 4.22. The lowest BCUT2D eigenvalue weighted by Crippen LogP contribution is -2.55. The molecule has 0 aliphatic carbocycles. The number of thioether (sulfide) groups is 1. The molecule has 0 saturated heterocycles. The van der Waals surface area contributed by atoms with Gasteiger partial charge in [0, 0.05) is 6.54 Å². The Morgan fingerprint density at radius 2 is 1.71 bits per heavy atom. The van der Waals surface area contributed by atoms with Crippen LogP contribution in [0.3, 0.4) is 0 Å². The summed E-state index contributed by atoms with van der Waals surface area (Å²) in [4.78, 5) is 51.8. The van der Waals surface area contributed by atoms with Crippen LogP contribution in [0, 0.1) is 5.92 Å². The Balaban J connectivity index is 4.68. The van der Waals surface area contributed by atoms with Crippen LogP contribution < -0.4 is 33.2 Å². The maximum atomic E-state index is 12.5. The predicted octanol–water partition coefficient (Wildman–Crippen LogP) is -2.05. The van der Waals surface area contributed by atoms with Crippen LogP contribution in [0.5, 0.6) is 0 Å². The van der Waals surface area contributed by atoms with Crippen LogP contribution in [0.2, 0.25) is 0 Å². The fourth-order valence-electron chi connectivity index (χ4n) is 2.45. The van der Waals surface area contributed by atoms with E-state index in [0.29, 0.717) is 18.6 Å². The molecule has 13 heteroatoms. The quantitative estimate of drug-likeness (QED) is 0.0810. The smallest absolute Gasteiger partial charge is 0.326 e. The highest BCUT2D eigenvalue weighted by molar-refractivity contribution is 7.98. The van der Waals surface area contributed by atoms with Crippen molar-refractivity contribution in [2.75, 3.05) is 25.1 Å². The Morgan fingerprint density at radius 1 is 1.06 bits per heavy atom. The summed E-state index contributed by atoms with van der Waals surface area (Å²) in [5.41, 5.74) is 16.2. The van der Waals surface area contributed by atoms with Crippen molar-refractivity contribution in [3.8, 4) is 0 Å². The number of aliphatic carboxylic acids is 1. The molecule has 0 aromatic heterocycles. The number of hydrogen-bond donors (Lipinski definition) is 7. The molecule has 0 aromatic rings. The molecule has 3 unspecified atom stereocenters. The normalized spacial score (nSPS) is 13.6. The Kier molecular flexibility index (Phi) is 14.0. The molecule has 3 amide bonds. The Hall–Kier alpha value is -2.54. The number of carbonyl (C=O) groups is 4. The average Bonchev–Trinajstić information content (AvgIpc) is 2.69. The fraction of sp³-hybridized carbons (Fsp3) is 0.722. The van der Waals surface area contributed by atoms with Crippen molar-refractivity contribution in [2.45, 2.75) is 51.2 Å². The van der Waals surface area contributed by atoms with Gasteiger partial charge >= 0.3 is 5.97 Å². The maximum absolute atomic E-state index is 12.5. The molecule has 3 atom stereocenters. The van der Waals surface area contributed by atoms with E-state index in [2.05, 4.69) is 20.9 Å². The van der Waals surface area contributed by atoms with Crippen molar-refractivity contribution in [1.82, 2.24) is 16.0 Å². The third-order valence-corrected chi connectivity index (χ3v) is 4.86. The van der Waals surface area contributed by atoms with Crippen molar-refractivity contribution in [2.24, 2.45) is 28.1 Å². The summed E-state index contributed by atoms with van der Waals surface area (Å²) in [5, 5.41) is 16.6. The first kappa shape index (κ1) is 28.5. The van der Waals surface area contributed by atoms with Crippen LogP contribution in [-0.2, 0) is 19.2 Å². The van der Waals surface area contributed by atoms with Crippen molar-refractivity contribution in [1.29, 1.82) is 0 Å². The number of nitrogens with two attached hydrogens (primary N) is 3. The van der Waals surface area contributed by atoms with Gasteiger partial charge in [-0.15, -0.1) is 0 Å². The van der Waals surface area contributed by atoms with E-state index in [1.165, 1.54) is 0 Å². The Bertz CT molecular complexity index is 641. The van der Waals surface area contributed by atoms with Crippen molar-refractivity contribution < 1.29 is 24.3 Å². The highest BCUT2D eigenvalue weighted by Crippen LogP contribution is 2.04. The summed E-state index contributed by atoms with van der Waals surface area (Å²) in [5.74, 6) is -2.53. The largest absolute Gasteiger partial charge is 0.480 e. The molecule has 10 N–H and O–H groups in total. The van der Waals surface area contributed by atoms with Gasteiger partial charge in [0.25, 0.3) is 0 Å². The second kappa shape index (κ2) is 15.3. The van der Waals surface area contributed by atoms with E-state index < -0.39 is 48.4 Å². The van der Waals surface area contributed by atoms with Gasteiger partial charge in [-0.05, 0) is 37.2 Å². The molecule has 0 fully saturated rings. The number of carbonyl (C=O) groups excluding carboxylic acids is 3. The minimum absolute atomic E-state index is 0.101. The molecule has 0 radical (unpaired) electrons. The van der Waals surface area contributed by atoms with Gasteiger partial charge in [-0.3, -0.25) is 19.4 Å². The molecule has 31 heavy (non-hydrogen) atoms. The number of nitrogens with zero attached hydrogens (tertiary/aromatic N) is 1. The number of guanidine groups is 1. The molecule has 0 rings (SSSR count). The van der Waals surface area contributed by atoms with E-state index in [1.807, 2.05) is 6.26 Å². The average molecular weight is 462 g/mol. The molecule has 0 aromatic carbocycles. The van der Waals surface area contributed by atoms with Gasteiger partial charge in [-0.1, -0.05) is 13.8 Å². The lowest BCUT2D eigenvalue weighted by Gasteiger charge is -2.23. The number of hydrogen-bond acceptors (Lipinski definition) is 7. The predicted molar refractivity (Wildman–Crippen MR) is 120 cm³/mol. The zero-order valence-corrected chi connectivity index (χ0v) is 19.0. The van der Waals surface area contributed by atoms with Gasteiger partial charge in [0.05, 0.1) is 12.6 Å². The van der Waals surface area contributed by atoms with Crippen LogP contribution in [-0.4, -0.2) is 78.0 Å². The van der Waals surface area contributed by atoms with Gasteiger partial charge < -0.3 is 38.3 Å². The summed E-state index contributed by atoms with van der Waals surface area (Å²) in [6.07, 6.45) is 2.84. The molecule has 12 nitrogen and oxygen atoms in total. The van der Waals surface area contributed by atoms with E-state index in [9.17, 15) is 24.3 Å². The second-order valence-corrected chi connectivity index (χ2v) is 8.23. The van der Waals surface area contributed by atoms with Crippen LogP contribution in [0.1, 0.15) is 33.1 Å². The molecule has 178 valence electrons. The van der Waals surface area contributed by atoms with E-state index in [0.717, 1.165) is 0 Å². The number of rotatable bonds is 15. The van der Waals surface area contributed by atoms with Gasteiger partial charge in [0.15, 0.2) is 5.96 Å². The Labute approximate surface area is 186 Å². The summed E-state index contributed by atoms with van der Waals surface area (Å²) in [7, 11) is 0. The Morgan fingerprint density at radius 3 is 2.23 bits per heavy atom. The van der Waals surface area contributed by atoms with Gasteiger partial charge in [-0.25, -0.2) is 4.79 Å². The number of carboxylic acids is 1. The zero-order valence-electron chi connectivity index (χ0n) is 18.2. The molecule has 0 heterocycles. The minimum Gasteiger partial charge on any atom is -0.480 e. The summed E-state index contributed by atoms with van der Waals surface area (Å²) < 4.78 is 0. The molecule has 0 aliphatic rings. The molecular formula is C18H35N7O5S. The lowest BCUT2D eigenvalue weighted by molar-refractivity contribution is -0.142. The third kappa shape index (κ3) is 12.7. The van der Waals surface area contributed by atoms with Crippen LogP contribution in [0.15, 0.2) is 4.99 Å². The maximum Gasteiger partial charge on any atom is 0.326 e. The molecule has 0 spiro atoms. The molecule has 0 saturated carbocycles. The fourth-order valence-corrected chi connectivity index (χ4v) is 2.94. The van der Waals surface area contributed by atoms with Crippen molar-refractivity contribution in [3.63, 3.8) is 0 Å². The highest BCUT2D eigenvalue weighted by atomic mass is 32.2. The summed E-state index contributed by atoms with van der Waals surface area (Å²) >= 11 is 1.56. The minimum atomic E-state index is -1.21.